The molecule has 22 heavy (non-hydrogen) atoms. The van der Waals surface area contributed by atoms with Gasteiger partial charge in [-0.25, -0.2) is 4.79 Å². The molecule has 114 valence electrons. The van der Waals surface area contributed by atoms with E-state index in [0.29, 0.717) is 23.2 Å². The number of hydrogen-bond donors (Lipinski definition) is 0. The first kappa shape index (κ1) is 13.5. The van der Waals surface area contributed by atoms with Crippen LogP contribution in [0.15, 0.2) is 28.8 Å². The molecule has 0 aliphatic heterocycles. The zero-order valence-electron chi connectivity index (χ0n) is 12.5. The largest absolute Gasteiger partial charge is 0.458 e. The molecule has 2 bridgehead atoms. The quantitative estimate of drug-likeness (QED) is 0.813. The monoisotopic (exact) mass is 298 g/mol. The molecule has 0 saturated heterocycles. The average Bonchev–Trinajstić information content (AvgIpc) is 3.24. The molecule has 0 radical (unpaired) electrons. The van der Waals surface area contributed by atoms with Gasteiger partial charge in [-0.05, 0) is 68.7 Å². The Morgan fingerprint density at radius 1 is 1.23 bits per heavy atom. The summed E-state index contributed by atoms with van der Waals surface area (Å²) in [7, 11) is 0. The van der Waals surface area contributed by atoms with Crippen LogP contribution >= 0.6 is 0 Å². The van der Waals surface area contributed by atoms with Crippen LogP contribution in [0.1, 0.15) is 41.9 Å². The highest BCUT2D eigenvalue weighted by atomic mass is 16.5. The SMILES string of the molecule is Cc1noc(-c2ccc(C(=O)OC3CC4CCC3C4)cc2)n1. The van der Waals surface area contributed by atoms with Crippen molar-refractivity contribution in [3.63, 3.8) is 0 Å². The standard InChI is InChI=1S/C17H18N2O3/c1-10-18-16(22-19-10)12-4-6-13(7-5-12)17(20)21-15-9-11-2-3-14(15)8-11/h4-7,11,14-15H,2-3,8-9H2,1H3. The minimum absolute atomic E-state index is 0.115. The van der Waals surface area contributed by atoms with Gasteiger partial charge in [0.05, 0.1) is 5.56 Å². The molecule has 5 nitrogen and oxygen atoms in total. The van der Waals surface area contributed by atoms with E-state index in [0.717, 1.165) is 17.9 Å². The van der Waals surface area contributed by atoms with E-state index in [1.807, 2.05) is 12.1 Å². The molecule has 0 amide bonds. The number of nitrogens with zero attached hydrogens (tertiary/aromatic N) is 2. The Balaban J connectivity index is 1.45. The van der Waals surface area contributed by atoms with E-state index >= 15 is 0 Å². The summed E-state index contributed by atoms with van der Waals surface area (Å²) in [4.78, 5) is 16.4. The third-order valence-corrected chi connectivity index (χ3v) is 4.83. The van der Waals surface area contributed by atoms with E-state index in [2.05, 4.69) is 10.1 Å². The molecule has 0 spiro atoms. The van der Waals surface area contributed by atoms with E-state index in [1.54, 1.807) is 19.1 Å². The summed E-state index contributed by atoms with van der Waals surface area (Å²) in [5, 5.41) is 3.76. The van der Waals surface area contributed by atoms with Crippen LogP contribution in [0.4, 0.5) is 0 Å². The number of fused-ring (bicyclic) bond motifs is 2. The van der Waals surface area contributed by atoms with Crippen molar-refractivity contribution < 1.29 is 14.1 Å². The number of carbonyl (C=O) groups excluding carboxylic acids is 1. The first-order valence-electron chi connectivity index (χ1n) is 7.81. The van der Waals surface area contributed by atoms with Crippen molar-refractivity contribution in [3.05, 3.63) is 35.7 Å². The van der Waals surface area contributed by atoms with Gasteiger partial charge in [-0.3, -0.25) is 0 Å². The van der Waals surface area contributed by atoms with Gasteiger partial charge in [0.15, 0.2) is 5.82 Å². The zero-order valence-corrected chi connectivity index (χ0v) is 12.5. The molecular formula is C17H18N2O3. The lowest BCUT2D eigenvalue weighted by atomic mass is 9.98. The number of benzene rings is 1. The summed E-state index contributed by atoms with van der Waals surface area (Å²) < 4.78 is 10.8. The van der Waals surface area contributed by atoms with Gasteiger partial charge in [-0.1, -0.05) is 5.16 Å². The van der Waals surface area contributed by atoms with E-state index in [1.165, 1.54) is 19.3 Å². The predicted octanol–water partition coefficient (Wildman–Crippen LogP) is 3.39. The highest BCUT2D eigenvalue weighted by molar-refractivity contribution is 5.90. The molecule has 1 heterocycles. The van der Waals surface area contributed by atoms with Gasteiger partial charge >= 0.3 is 5.97 Å². The molecule has 2 aliphatic rings. The van der Waals surface area contributed by atoms with Gasteiger partial charge in [-0.15, -0.1) is 0 Å². The molecule has 2 aromatic rings. The lowest BCUT2D eigenvalue weighted by molar-refractivity contribution is 0.0158. The second-order valence-corrected chi connectivity index (χ2v) is 6.34. The molecule has 2 saturated carbocycles. The highest BCUT2D eigenvalue weighted by Crippen LogP contribution is 2.46. The van der Waals surface area contributed by atoms with Crippen LogP contribution < -0.4 is 0 Å². The summed E-state index contributed by atoms with van der Waals surface area (Å²) >= 11 is 0. The van der Waals surface area contributed by atoms with Crippen molar-refractivity contribution in [2.24, 2.45) is 11.8 Å². The fourth-order valence-corrected chi connectivity index (χ4v) is 3.70. The molecule has 2 aliphatic carbocycles. The second-order valence-electron chi connectivity index (χ2n) is 6.34. The Morgan fingerprint density at radius 3 is 2.64 bits per heavy atom. The Morgan fingerprint density at radius 2 is 2.05 bits per heavy atom. The van der Waals surface area contributed by atoms with Crippen molar-refractivity contribution in [3.8, 4) is 11.5 Å². The maximum atomic E-state index is 12.3. The van der Waals surface area contributed by atoms with Gasteiger partial charge in [0, 0.05) is 5.56 Å². The summed E-state index contributed by atoms with van der Waals surface area (Å²) in [5.74, 6) is 2.17. The minimum atomic E-state index is -0.231. The third-order valence-electron chi connectivity index (χ3n) is 4.83. The number of hydrogen-bond acceptors (Lipinski definition) is 5. The van der Waals surface area contributed by atoms with E-state index in [4.69, 9.17) is 9.26 Å². The third kappa shape index (κ3) is 2.40. The first-order chi connectivity index (χ1) is 10.7. The van der Waals surface area contributed by atoms with Gasteiger partial charge in [0.1, 0.15) is 6.10 Å². The van der Waals surface area contributed by atoms with Crippen LogP contribution in [-0.2, 0) is 4.74 Å². The lowest BCUT2D eigenvalue weighted by Gasteiger charge is -2.21. The summed E-state index contributed by atoms with van der Waals surface area (Å²) in [5.41, 5.74) is 1.37. The Kier molecular flexibility index (Phi) is 3.21. The summed E-state index contributed by atoms with van der Waals surface area (Å²) in [6.07, 6.45) is 4.89. The van der Waals surface area contributed by atoms with Crippen molar-refractivity contribution in [2.45, 2.75) is 38.7 Å². The fourth-order valence-electron chi connectivity index (χ4n) is 3.70. The molecule has 2 fully saturated rings. The van der Waals surface area contributed by atoms with Crippen LogP contribution in [0, 0.1) is 18.8 Å². The van der Waals surface area contributed by atoms with Crippen molar-refractivity contribution in [1.82, 2.24) is 10.1 Å². The number of carbonyl (C=O) groups is 1. The summed E-state index contributed by atoms with van der Waals surface area (Å²) in [6, 6.07) is 7.13. The maximum Gasteiger partial charge on any atom is 0.338 e. The van der Waals surface area contributed by atoms with E-state index in [9.17, 15) is 4.79 Å². The van der Waals surface area contributed by atoms with Crippen molar-refractivity contribution in [1.29, 1.82) is 0 Å². The van der Waals surface area contributed by atoms with Gasteiger partial charge < -0.3 is 9.26 Å². The smallest absolute Gasteiger partial charge is 0.338 e. The summed E-state index contributed by atoms with van der Waals surface area (Å²) in [6.45, 7) is 1.77. The first-order valence-corrected chi connectivity index (χ1v) is 7.81. The van der Waals surface area contributed by atoms with Gasteiger partial charge in [0.25, 0.3) is 5.89 Å². The molecule has 3 unspecified atom stereocenters. The van der Waals surface area contributed by atoms with Crippen molar-refractivity contribution in [2.75, 3.05) is 0 Å². The minimum Gasteiger partial charge on any atom is -0.458 e. The van der Waals surface area contributed by atoms with Crippen LogP contribution in [0.3, 0.4) is 0 Å². The topological polar surface area (TPSA) is 65.2 Å². The molecule has 0 N–H and O–H groups in total. The molecule has 3 atom stereocenters. The molecule has 5 heteroatoms. The van der Waals surface area contributed by atoms with Crippen LogP contribution in [-0.4, -0.2) is 22.2 Å². The Labute approximate surface area is 128 Å². The maximum absolute atomic E-state index is 12.3. The average molecular weight is 298 g/mol. The number of ether oxygens (including phenoxy) is 1. The van der Waals surface area contributed by atoms with Crippen molar-refractivity contribution >= 4 is 5.97 Å². The van der Waals surface area contributed by atoms with E-state index in [-0.39, 0.29) is 12.1 Å². The number of aromatic nitrogens is 2. The zero-order chi connectivity index (χ0) is 15.1. The van der Waals surface area contributed by atoms with Gasteiger partial charge in [-0.2, -0.15) is 4.98 Å². The lowest BCUT2D eigenvalue weighted by Crippen LogP contribution is -2.24. The van der Waals surface area contributed by atoms with Crippen LogP contribution in [0.5, 0.6) is 0 Å². The van der Waals surface area contributed by atoms with Crippen LogP contribution in [0.2, 0.25) is 0 Å². The highest BCUT2D eigenvalue weighted by Gasteiger charge is 2.41. The molecular weight excluding hydrogens is 280 g/mol. The number of rotatable bonds is 3. The Hall–Kier alpha value is -2.17. The molecule has 1 aromatic heterocycles. The fraction of sp³-hybridized carbons (Fsp3) is 0.471. The normalized spacial score (nSPS) is 26.3. The number of esters is 1. The second kappa shape index (κ2) is 5.23. The molecule has 4 rings (SSSR count). The van der Waals surface area contributed by atoms with E-state index < -0.39 is 0 Å². The van der Waals surface area contributed by atoms with Gasteiger partial charge in [0.2, 0.25) is 0 Å². The number of aryl methyl sites for hydroxylation is 1. The van der Waals surface area contributed by atoms with Crippen LogP contribution in [0.25, 0.3) is 11.5 Å². The predicted molar refractivity (Wildman–Crippen MR) is 79.1 cm³/mol. The Bertz CT molecular complexity index is 692. The molecule has 1 aromatic carbocycles.